The quantitative estimate of drug-likeness (QED) is 0.240. The smallest absolute Gasteiger partial charge is 0.227 e. The molecule has 2 aromatic rings. The van der Waals surface area contributed by atoms with E-state index in [1.54, 1.807) is 20.4 Å². The first-order valence-corrected chi connectivity index (χ1v) is 14.0. The van der Waals surface area contributed by atoms with Crippen molar-refractivity contribution in [1.82, 2.24) is 4.98 Å². The highest BCUT2D eigenvalue weighted by Gasteiger charge is 2.30. The topological polar surface area (TPSA) is 116 Å². The standard InChI is InChI=1S/C31H49N3O5/c1-20(2)24(15-23-10-12-29(38-7)30(16-23)39-14-8-13-37-6)17-27(32)28(35)18-26(21(3)4)31(36)34-25-11-9-22(5)33-19-25/h9-12,16,19-21,24,26-28,35H,8,13-15,17-18,32H2,1-7H3,(H,34,36)/t24-,26-,27-,28-/m0/s1. The second kappa shape index (κ2) is 16.4. The number of anilines is 1. The van der Waals surface area contributed by atoms with Gasteiger partial charge in [-0.3, -0.25) is 9.78 Å². The number of carbonyl (C=O) groups excluding carboxylic acids is 1. The second-order valence-corrected chi connectivity index (χ2v) is 11.1. The predicted octanol–water partition coefficient (Wildman–Crippen LogP) is 5.01. The molecule has 0 aliphatic heterocycles. The van der Waals surface area contributed by atoms with E-state index in [1.807, 2.05) is 45.0 Å². The molecule has 0 aliphatic rings. The minimum atomic E-state index is -0.795. The molecule has 0 spiro atoms. The predicted molar refractivity (Wildman–Crippen MR) is 156 cm³/mol. The number of aliphatic hydroxyl groups excluding tert-OH is 1. The minimum absolute atomic E-state index is 0.0489. The summed E-state index contributed by atoms with van der Waals surface area (Å²) in [4.78, 5) is 17.3. The van der Waals surface area contributed by atoms with E-state index in [1.165, 1.54) is 0 Å². The van der Waals surface area contributed by atoms with Gasteiger partial charge < -0.3 is 30.4 Å². The van der Waals surface area contributed by atoms with Gasteiger partial charge >= 0.3 is 0 Å². The van der Waals surface area contributed by atoms with E-state index in [0.29, 0.717) is 49.2 Å². The lowest BCUT2D eigenvalue weighted by Gasteiger charge is -2.30. The first-order valence-electron chi connectivity index (χ1n) is 14.0. The maximum Gasteiger partial charge on any atom is 0.227 e. The molecular weight excluding hydrogens is 494 g/mol. The summed E-state index contributed by atoms with van der Waals surface area (Å²) >= 11 is 0. The molecule has 0 saturated heterocycles. The SMILES string of the molecule is COCCCOc1cc(C[C@@H](C[C@H](N)[C@@H](O)C[C@H](C(=O)Nc2ccc(C)nc2)C(C)C)C(C)C)ccc1OC. The lowest BCUT2D eigenvalue weighted by Crippen LogP contribution is -2.41. The zero-order chi connectivity index (χ0) is 28.9. The molecule has 8 nitrogen and oxygen atoms in total. The Morgan fingerprint density at radius 2 is 1.77 bits per heavy atom. The number of nitrogens with zero attached hydrogens (tertiary/aromatic N) is 1. The maximum atomic E-state index is 13.0. The summed E-state index contributed by atoms with van der Waals surface area (Å²) in [6.45, 7) is 11.4. The zero-order valence-corrected chi connectivity index (χ0v) is 24.8. The average Bonchev–Trinajstić information content (AvgIpc) is 2.90. The molecule has 0 radical (unpaired) electrons. The number of aromatic nitrogens is 1. The summed E-state index contributed by atoms with van der Waals surface area (Å²) in [7, 11) is 3.31. The van der Waals surface area contributed by atoms with E-state index in [9.17, 15) is 9.90 Å². The van der Waals surface area contributed by atoms with E-state index in [-0.39, 0.29) is 23.7 Å². The number of amides is 1. The maximum absolute atomic E-state index is 13.0. The average molecular weight is 544 g/mol. The minimum Gasteiger partial charge on any atom is -0.493 e. The van der Waals surface area contributed by atoms with Gasteiger partial charge in [-0.25, -0.2) is 0 Å². The van der Waals surface area contributed by atoms with Gasteiger partial charge in [0.05, 0.1) is 31.7 Å². The van der Waals surface area contributed by atoms with Crippen molar-refractivity contribution in [3.05, 3.63) is 47.8 Å². The Hall–Kier alpha value is -2.68. The van der Waals surface area contributed by atoms with Gasteiger partial charge in [0, 0.05) is 37.8 Å². The number of pyridine rings is 1. The van der Waals surface area contributed by atoms with Crippen LogP contribution >= 0.6 is 0 Å². The summed E-state index contributed by atoms with van der Waals surface area (Å²) in [6, 6.07) is 9.26. The molecule has 2 rings (SSSR count). The van der Waals surface area contributed by atoms with Gasteiger partial charge in [0.2, 0.25) is 5.91 Å². The fourth-order valence-corrected chi connectivity index (χ4v) is 4.64. The van der Waals surface area contributed by atoms with Crippen molar-refractivity contribution in [2.45, 2.75) is 72.4 Å². The van der Waals surface area contributed by atoms with Gasteiger partial charge in [0.15, 0.2) is 11.5 Å². The summed E-state index contributed by atoms with van der Waals surface area (Å²) in [5.41, 5.74) is 9.21. The van der Waals surface area contributed by atoms with Crippen LogP contribution in [0.3, 0.4) is 0 Å². The van der Waals surface area contributed by atoms with Crippen molar-refractivity contribution in [2.24, 2.45) is 29.4 Å². The lowest BCUT2D eigenvalue weighted by atomic mass is 9.81. The molecule has 1 amide bonds. The third-order valence-electron chi connectivity index (χ3n) is 7.30. The van der Waals surface area contributed by atoms with Crippen LogP contribution in [0.4, 0.5) is 5.69 Å². The first-order chi connectivity index (χ1) is 18.5. The van der Waals surface area contributed by atoms with Crippen LogP contribution in [0.5, 0.6) is 11.5 Å². The molecule has 0 unspecified atom stereocenters. The van der Waals surface area contributed by atoms with Crippen LogP contribution in [0.1, 0.15) is 58.2 Å². The van der Waals surface area contributed by atoms with Crippen molar-refractivity contribution in [1.29, 1.82) is 0 Å². The molecule has 0 aliphatic carbocycles. The largest absolute Gasteiger partial charge is 0.493 e. The Balaban J connectivity index is 2.04. The number of hydrogen-bond acceptors (Lipinski definition) is 7. The van der Waals surface area contributed by atoms with Crippen molar-refractivity contribution in [3.8, 4) is 11.5 Å². The molecule has 0 fully saturated rings. The highest BCUT2D eigenvalue weighted by Crippen LogP contribution is 2.32. The highest BCUT2D eigenvalue weighted by molar-refractivity contribution is 5.92. The molecule has 1 heterocycles. The summed E-state index contributed by atoms with van der Waals surface area (Å²) < 4.78 is 16.5. The van der Waals surface area contributed by atoms with Gasteiger partial charge in [-0.05, 0) is 73.8 Å². The Labute approximate surface area is 234 Å². The number of benzene rings is 1. The van der Waals surface area contributed by atoms with Gasteiger partial charge in [-0.2, -0.15) is 0 Å². The van der Waals surface area contributed by atoms with E-state index in [4.69, 9.17) is 19.9 Å². The van der Waals surface area contributed by atoms with Crippen molar-refractivity contribution in [2.75, 3.05) is 32.8 Å². The molecule has 4 N–H and O–H groups in total. The second-order valence-electron chi connectivity index (χ2n) is 11.1. The number of hydrogen-bond donors (Lipinski definition) is 3. The number of carbonyl (C=O) groups is 1. The third-order valence-corrected chi connectivity index (χ3v) is 7.30. The van der Waals surface area contributed by atoms with Crippen molar-refractivity contribution >= 4 is 11.6 Å². The normalized spacial score (nSPS) is 14.6. The van der Waals surface area contributed by atoms with Crippen molar-refractivity contribution < 1.29 is 24.1 Å². The van der Waals surface area contributed by atoms with Crippen LogP contribution in [-0.2, 0) is 16.0 Å². The molecular formula is C31H49N3O5. The molecule has 8 heteroatoms. The number of aliphatic hydroxyl groups is 1. The van der Waals surface area contributed by atoms with Gasteiger partial charge in [-0.1, -0.05) is 33.8 Å². The number of methoxy groups -OCH3 is 2. The Kier molecular flexibility index (Phi) is 13.7. The van der Waals surface area contributed by atoms with Crippen LogP contribution in [0.25, 0.3) is 0 Å². The Bertz CT molecular complexity index is 996. The molecule has 1 aromatic heterocycles. The molecule has 1 aromatic carbocycles. The highest BCUT2D eigenvalue weighted by atomic mass is 16.5. The molecule has 4 atom stereocenters. The van der Waals surface area contributed by atoms with E-state index in [0.717, 1.165) is 24.1 Å². The summed E-state index contributed by atoms with van der Waals surface area (Å²) in [5.74, 6) is 1.57. The summed E-state index contributed by atoms with van der Waals surface area (Å²) in [5, 5.41) is 14.0. The molecule has 39 heavy (non-hydrogen) atoms. The van der Waals surface area contributed by atoms with E-state index in [2.05, 4.69) is 30.2 Å². The Morgan fingerprint density at radius 3 is 2.36 bits per heavy atom. The van der Waals surface area contributed by atoms with Crippen LogP contribution in [0.2, 0.25) is 0 Å². The fraction of sp³-hybridized carbons (Fsp3) is 0.613. The first kappa shape index (κ1) is 32.5. The molecule has 0 bridgehead atoms. The van der Waals surface area contributed by atoms with Crippen LogP contribution in [0, 0.1) is 30.6 Å². The molecule has 218 valence electrons. The fourth-order valence-electron chi connectivity index (χ4n) is 4.64. The van der Waals surface area contributed by atoms with E-state index >= 15 is 0 Å². The van der Waals surface area contributed by atoms with Crippen LogP contribution in [-0.4, -0.2) is 55.6 Å². The van der Waals surface area contributed by atoms with Crippen LogP contribution < -0.4 is 20.5 Å². The van der Waals surface area contributed by atoms with Gasteiger partial charge in [0.1, 0.15) is 0 Å². The van der Waals surface area contributed by atoms with E-state index < -0.39 is 12.1 Å². The van der Waals surface area contributed by atoms with Gasteiger partial charge in [0.25, 0.3) is 0 Å². The summed E-state index contributed by atoms with van der Waals surface area (Å²) in [6.07, 6.45) is 3.39. The number of aryl methyl sites for hydroxylation is 1. The molecule has 0 saturated carbocycles. The number of nitrogens with one attached hydrogen (secondary N) is 1. The zero-order valence-electron chi connectivity index (χ0n) is 24.8. The third kappa shape index (κ3) is 10.8. The number of nitrogens with two attached hydrogens (primary N) is 1. The Morgan fingerprint density at radius 1 is 1.03 bits per heavy atom. The lowest BCUT2D eigenvalue weighted by molar-refractivity contribution is -0.122. The number of rotatable bonds is 17. The monoisotopic (exact) mass is 543 g/mol. The van der Waals surface area contributed by atoms with Crippen molar-refractivity contribution in [3.63, 3.8) is 0 Å². The van der Waals surface area contributed by atoms with Crippen LogP contribution in [0.15, 0.2) is 36.5 Å². The van der Waals surface area contributed by atoms with Gasteiger partial charge in [-0.15, -0.1) is 0 Å². The number of ether oxygens (including phenoxy) is 3.